The number of halogens is 12. The van der Waals surface area contributed by atoms with Crippen molar-refractivity contribution < 1.29 is 39.5 Å². The van der Waals surface area contributed by atoms with Crippen LogP contribution < -0.4 is 15.9 Å². The lowest BCUT2D eigenvalue weighted by molar-refractivity contribution is 0.492. The summed E-state index contributed by atoms with van der Waals surface area (Å²) in [5.74, 6) is -14.6. The maximum atomic E-state index is 14.8. The van der Waals surface area contributed by atoms with Gasteiger partial charge in [-0.25, -0.2) is 39.5 Å². The first-order valence-corrected chi connectivity index (χ1v) is 11.4. The van der Waals surface area contributed by atoms with Crippen molar-refractivity contribution in [1.82, 2.24) is 0 Å². The molecule has 31 heavy (non-hydrogen) atoms. The molecule has 0 radical (unpaired) electrons. The molecule has 0 atom stereocenters. The molecule has 0 unspecified atom stereocenters. The first-order valence-electron chi connectivity index (χ1n) is 7.67. The van der Waals surface area contributed by atoms with Gasteiger partial charge in [-0.15, -0.1) is 0 Å². The molecule has 0 aliphatic rings. The van der Waals surface area contributed by atoms with Crippen LogP contribution in [0.4, 0.5) is 39.5 Å². The molecule has 0 nitrogen and oxygen atoms in total. The van der Waals surface area contributed by atoms with Crippen LogP contribution in [0.5, 0.6) is 0 Å². The van der Waals surface area contributed by atoms with Gasteiger partial charge in [-0.1, -0.05) is 0 Å². The summed E-state index contributed by atoms with van der Waals surface area (Å²) in [4.78, 5) is 0. The van der Waals surface area contributed by atoms with E-state index in [2.05, 4.69) is 47.8 Å². The van der Waals surface area contributed by atoms with E-state index in [1.54, 1.807) is 0 Å². The van der Waals surface area contributed by atoms with Crippen LogP contribution in [0.2, 0.25) is 0 Å². The van der Waals surface area contributed by atoms with Gasteiger partial charge in [-0.3, -0.25) is 0 Å². The molecule has 164 valence electrons. The number of hydrogen-bond acceptors (Lipinski definition) is 0. The third-order valence-electron chi connectivity index (χ3n) is 3.94. The molecular weight excluding hydrogens is 658 g/mol. The molecule has 0 saturated heterocycles. The van der Waals surface area contributed by atoms with E-state index >= 15 is 0 Å². The van der Waals surface area contributed by atoms with Crippen LogP contribution >= 0.6 is 55.7 Å². The number of hydrogen-bond donors (Lipinski definition) is 0. The topological polar surface area (TPSA) is 0 Å². The lowest BCUT2D eigenvalue weighted by Gasteiger charge is -2.25. The number of benzene rings is 3. The van der Waals surface area contributed by atoms with Crippen LogP contribution in [0.3, 0.4) is 0 Å². The first kappa shape index (κ1) is 24.5. The Morgan fingerprint density at radius 1 is 0.419 bits per heavy atom. The van der Waals surface area contributed by atoms with Gasteiger partial charge in [-0.2, -0.15) is 0 Å². The third-order valence-corrected chi connectivity index (χ3v) is 9.75. The van der Waals surface area contributed by atoms with Crippen LogP contribution in [-0.4, -0.2) is 0 Å². The second-order valence-electron chi connectivity index (χ2n) is 5.79. The average molecular weight is 661 g/mol. The normalized spacial score (nSPS) is 11.5. The molecule has 0 bridgehead atoms. The SMILES string of the molecule is Fc1cc(F)c(P(c2c(F)cc(F)c(F)c2Br)c2c(F)cc(F)c(F)c2Br)c(Br)c1F. The summed E-state index contributed by atoms with van der Waals surface area (Å²) in [5, 5.41) is -2.78. The van der Waals surface area contributed by atoms with Gasteiger partial charge in [0.2, 0.25) is 0 Å². The predicted molar refractivity (Wildman–Crippen MR) is 108 cm³/mol. The molecule has 0 amide bonds. The van der Waals surface area contributed by atoms with E-state index in [0.29, 0.717) is 0 Å². The molecule has 13 heteroatoms. The van der Waals surface area contributed by atoms with Crippen LogP contribution in [0, 0.1) is 52.4 Å². The average Bonchev–Trinajstić information content (AvgIpc) is 2.68. The predicted octanol–water partition coefficient (Wildman–Crippen LogP) is 6.98. The van der Waals surface area contributed by atoms with Gasteiger partial charge in [0.05, 0.1) is 13.4 Å². The standard InChI is InChI=1S/C18H3Br3F9P/c19-10-13(28)4(22)1-7(25)16(10)31(17-8(26)2-5(23)14(29)11(17)20)18-9(27)3-6(24)15(30)12(18)21/h1-3H. The minimum Gasteiger partial charge on any atom is -0.206 e. The highest BCUT2D eigenvalue weighted by Crippen LogP contribution is 2.45. The Morgan fingerprint density at radius 3 is 0.871 bits per heavy atom. The minimum atomic E-state index is -3.14. The van der Waals surface area contributed by atoms with Crippen molar-refractivity contribution in [2.45, 2.75) is 0 Å². The fraction of sp³-hybridized carbons (Fsp3) is 0. The van der Waals surface area contributed by atoms with E-state index in [4.69, 9.17) is 0 Å². The zero-order chi connectivity index (χ0) is 23.4. The lowest BCUT2D eigenvalue weighted by Crippen LogP contribution is -2.31. The molecule has 0 saturated carbocycles. The van der Waals surface area contributed by atoms with Crippen molar-refractivity contribution in [3.8, 4) is 0 Å². The summed E-state index contributed by atoms with van der Waals surface area (Å²) in [5.41, 5.74) is 0. The van der Waals surface area contributed by atoms with Gasteiger partial charge >= 0.3 is 0 Å². The Balaban J connectivity index is 2.56. The second-order valence-corrected chi connectivity index (χ2v) is 10.2. The third kappa shape index (κ3) is 4.16. The van der Waals surface area contributed by atoms with E-state index in [0.717, 1.165) is 0 Å². The molecule has 0 heterocycles. The maximum absolute atomic E-state index is 14.8. The molecule has 0 fully saturated rings. The quantitative estimate of drug-likeness (QED) is 0.123. The Bertz CT molecular complexity index is 1080. The van der Waals surface area contributed by atoms with Crippen molar-refractivity contribution in [2.24, 2.45) is 0 Å². The Morgan fingerprint density at radius 2 is 0.645 bits per heavy atom. The summed E-state index contributed by atoms with van der Waals surface area (Å²) < 4.78 is 125. The van der Waals surface area contributed by atoms with Crippen molar-refractivity contribution in [1.29, 1.82) is 0 Å². The van der Waals surface area contributed by atoms with E-state index in [1.165, 1.54) is 0 Å². The van der Waals surface area contributed by atoms with Crippen molar-refractivity contribution in [3.63, 3.8) is 0 Å². The summed E-state index contributed by atoms with van der Waals surface area (Å²) in [6, 6.07) is 0.173. The lowest BCUT2D eigenvalue weighted by atomic mass is 10.3. The van der Waals surface area contributed by atoms with E-state index < -0.39 is 89.6 Å². The van der Waals surface area contributed by atoms with E-state index in [-0.39, 0.29) is 18.2 Å². The first-order chi connectivity index (χ1) is 14.4. The number of rotatable bonds is 3. The van der Waals surface area contributed by atoms with E-state index in [1.807, 2.05) is 0 Å². The highest BCUT2D eigenvalue weighted by atomic mass is 79.9. The summed E-state index contributed by atoms with van der Waals surface area (Å²) in [6.45, 7) is 0. The van der Waals surface area contributed by atoms with Crippen LogP contribution in [0.1, 0.15) is 0 Å². The van der Waals surface area contributed by atoms with Gasteiger partial charge in [0.25, 0.3) is 0 Å². The summed E-state index contributed by atoms with van der Waals surface area (Å²) in [6.07, 6.45) is 0. The smallest absolute Gasteiger partial charge is 0.173 e. The molecule has 3 aromatic carbocycles. The highest BCUT2D eigenvalue weighted by Gasteiger charge is 2.36. The second kappa shape index (κ2) is 9.03. The van der Waals surface area contributed by atoms with Crippen LogP contribution in [0.15, 0.2) is 31.6 Å². The fourth-order valence-corrected chi connectivity index (χ4v) is 7.74. The Hall–Kier alpha value is -1.10. The minimum absolute atomic E-state index is 0.0577. The molecule has 3 aromatic rings. The van der Waals surface area contributed by atoms with Gasteiger partial charge < -0.3 is 0 Å². The van der Waals surface area contributed by atoms with Gasteiger partial charge in [0.15, 0.2) is 34.9 Å². The van der Waals surface area contributed by atoms with Crippen LogP contribution in [0.25, 0.3) is 0 Å². The Labute approximate surface area is 194 Å². The fourth-order valence-electron chi connectivity index (χ4n) is 2.62. The van der Waals surface area contributed by atoms with Gasteiger partial charge in [0.1, 0.15) is 17.5 Å². The van der Waals surface area contributed by atoms with Crippen molar-refractivity contribution >= 4 is 71.6 Å². The zero-order valence-electron chi connectivity index (χ0n) is 14.2. The van der Waals surface area contributed by atoms with E-state index in [9.17, 15) is 39.5 Å². The van der Waals surface area contributed by atoms with Crippen molar-refractivity contribution in [3.05, 3.63) is 84.0 Å². The maximum Gasteiger partial charge on any atom is 0.173 e. The monoisotopic (exact) mass is 658 g/mol. The molecule has 0 aromatic heterocycles. The molecule has 3 rings (SSSR count). The largest absolute Gasteiger partial charge is 0.206 e. The van der Waals surface area contributed by atoms with Gasteiger partial charge in [0, 0.05) is 34.1 Å². The van der Waals surface area contributed by atoms with Crippen molar-refractivity contribution in [2.75, 3.05) is 0 Å². The van der Waals surface area contributed by atoms with Gasteiger partial charge in [-0.05, 0) is 55.7 Å². The molecule has 0 aliphatic carbocycles. The molecule has 0 aliphatic heterocycles. The van der Waals surface area contributed by atoms with Crippen LogP contribution in [-0.2, 0) is 0 Å². The zero-order valence-corrected chi connectivity index (χ0v) is 19.9. The molecular formula is C18H3Br3F9P. The molecule has 0 N–H and O–H groups in total. The summed E-state index contributed by atoms with van der Waals surface area (Å²) >= 11 is 7.77. The highest BCUT2D eigenvalue weighted by molar-refractivity contribution is 9.11. The molecule has 0 spiro atoms. The Kier molecular flexibility index (Phi) is 7.15. The summed E-state index contributed by atoms with van der Waals surface area (Å²) in [7, 11) is -3.14.